The fourth-order valence-electron chi connectivity index (χ4n) is 0.654. The number of nitrogens with two attached hydrogens (primary N) is 2. The zero-order valence-corrected chi connectivity index (χ0v) is 6.71. The minimum Gasteiger partial charge on any atom is -0.377 e. The predicted molar refractivity (Wildman–Crippen MR) is 45.0 cm³/mol. The van der Waals surface area contributed by atoms with Crippen LogP contribution in [0, 0.1) is 0 Å². The van der Waals surface area contributed by atoms with Crippen LogP contribution in [0.4, 0.5) is 0 Å². The second-order valence-corrected chi connectivity index (χ2v) is 2.31. The normalized spacial score (nSPS) is 13.4. The highest BCUT2D eigenvalue weighted by molar-refractivity contribution is 4.54. The Hall–Kier alpha value is -0.200. The third-order valence-electron chi connectivity index (χ3n) is 1.15. The molecule has 0 saturated carbocycles. The minimum atomic E-state index is -0.760. The van der Waals surface area contributed by atoms with Crippen LogP contribution in [0.5, 0.6) is 0 Å². The largest absolute Gasteiger partial charge is 0.377 e. The van der Waals surface area contributed by atoms with E-state index in [0.29, 0.717) is 13.1 Å². The summed E-state index contributed by atoms with van der Waals surface area (Å²) in [6, 6.07) is 0. The van der Waals surface area contributed by atoms with E-state index in [1.807, 2.05) is 0 Å². The molecular weight excluding hydrogens is 144 g/mol. The van der Waals surface area contributed by atoms with Crippen molar-refractivity contribution in [1.29, 1.82) is 0 Å². The molecule has 0 aromatic rings. The van der Waals surface area contributed by atoms with Crippen molar-refractivity contribution in [3.8, 4) is 0 Å². The van der Waals surface area contributed by atoms with Gasteiger partial charge in [-0.2, -0.15) is 0 Å². The van der Waals surface area contributed by atoms with Gasteiger partial charge in [0.25, 0.3) is 0 Å². The quantitative estimate of drug-likeness (QED) is 0.209. The second-order valence-electron chi connectivity index (χ2n) is 2.31. The van der Waals surface area contributed by atoms with E-state index in [2.05, 4.69) is 10.6 Å². The Morgan fingerprint density at radius 1 is 1.18 bits per heavy atom. The van der Waals surface area contributed by atoms with E-state index in [4.69, 9.17) is 16.6 Å². The van der Waals surface area contributed by atoms with E-state index in [1.54, 1.807) is 0 Å². The first-order valence-corrected chi connectivity index (χ1v) is 3.82. The monoisotopic (exact) mass is 162 g/mol. The highest BCUT2D eigenvalue weighted by atomic mass is 16.3. The van der Waals surface area contributed by atoms with Gasteiger partial charge in [0.15, 0.2) is 0 Å². The van der Waals surface area contributed by atoms with Crippen molar-refractivity contribution in [1.82, 2.24) is 10.6 Å². The fraction of sp³-hybridized carbons (Fsp3) is 1.00. The maximum atomic E-state index is 8.63. The summed E-state index contributed by atoms with van der Waals surface area (Å²) >= 11 is 0. The molecule has 1 unspecified atom stereocenters. The van der Waals surface area contributed by atoms with Gasteiger partial charge in [-0.05, 0) is 0 Å². The van der Waals surface area contributed by atoms with Crippen LogP contribution < -0.4 is 22.1 Å². The summed E-state index contributed by atoms with van der Waals surface area (Å²) in [6.45, 7) is 3.56. The van der Waals surface area contributed by atoms with Crippen LogP contribution in [0.3, 0.4) is 0 Å². The average Bonchev–Trinajstić information content (AvgIpc) is 1.96. The first-order valence-electron chi connectivity index (χ1n) is 3.82. The molecule has 11 heavy (non-hydrogen) atoms. The van der Waals surface area contributed by atoms with Crippen LogP contribution in [-0.4, -0.2) is 44.1 Å². The summed E-state index contributed by atoms with van der Waals surface area (Å²) in [5.41, 5.74) is 10.3. The summed E-state index contributed by atoms with van der Waals surface area (Å²) in [7, 11) is 0. The maximum absolute atomic E-state index is 8.63. The van der Waals surface area contributed by atoms with Gasteiger partial charge in [-0.25, -0.2) is 0 Å². The third kappa shape index (κ3) is 9.80. The number of nitrogens with one attached hydrogen (secondary N) is 2. The lowest BCUT2D eigenvalue weighted by Gasteiger charge is -2.06. The Morgan fingerprint density at radius 3 is 2.36 bits per heavy atom. The van der Waals surface area contributed by atoms with E-state index in [9.17, 15) is 0 Å². The Balaban J connectivity index is 2.80. The molecule has 0 aromatic heterocycles. The highest BCUT2D eigenvalue weighted by Gasteiger charge is 1.92. The Kier molecular flexibility index (Phi) is 7.76. The van der Waals surface area contributed by atoms with Crippen LogP contribution >= 0.6 is 0 Å². The number of hydrogen-bond acceptors (Lipinski definition) is 5. The van der Waals surface area contributed by atoms with Crippen LogP contribution in [0.1, 0.15) is 0 Å². The number of aliphatic hydroxyl groups excluding tert-OH is 1. The molecule has 7 N–H and O–H groups in total. The average molecular weight is 162 g/mol. The van der Waals surface area contributed by atoms with Crippen molar-refractivity contribution in [3.63, 3.8) is 0 Å². The zero-order chi connectivity index (χ0) is 8.53. The van der Waals surface area contributed by atoms with Crippen LogP contribution in [0.25, 0.3) is 0 Å². The Labute approximate surface area is 67.1 Å². The van der Waals surface area contributed by atoms with Crippen LogP contribution in [-0.2, 0) is 0 Å². The van der Waals surface area contributed by atoms with Gasteiger partial charge < -0.3 is 27.2 Å². The lowest BCUT2D eigenvalue weighted by atomic mass is 10.5. The Bertz CT molecular complexity index is 79.0. The Morgan fingerprint density at radius 2 is 1.82 bits per heavy atom. The molecule has 0 aromatic carbocycles. The topological polar surface area (TPSA) is 96.3 Å². The van der Waals surface area contributed by atoms with Crippen LogP contribution in [0.2, 0.25) is 0 Å². The van der Waals surface area contributed by atoms with E-state index in [-0.39, 0.29) is 0 Å². The molecular formula is C6H18N4O. The fourth-order valence-corrected chi connectivity index (χ4v) is 0.654. The SMILES string of the molecule is NCCNCCNCC(N)O. The molecule has 0 aliphatic heterocycles. The first kappa shape index (κ1) is 10.8. The maximum Gasteiger partial charge on any atom is 0.115 e. The summed E-state index contributed by atoms with van der Waals surface area (Å²) < 4.78 is 0. The van der Waals surface area contributed by atoms with Crippen molar-refractivity contribution in [2.24, 2.45) is 11.5 Å². The van der Waals surface area contributed by atoms with Gasteiger partial charge in [-0.1, -0.05) is 0 Å². The number of rotatable bonds is 7. The molecule has 0 amide bonds. The zero-order valence-electron chi connectivity index (χ0n) is 6.71. The lowest BCUT2D eigenvalue weighted by molar-refractivity contribution is 0.179. The first-order chi connectivity index (χ1) is 5.27. The molecule has 0 aliphatic rings. The van der Waals surface area contributed by atoms with Crippen molar-refractivity contribution in [2.75, 3.05) is 32.7 Å². The lowest BCUT2D eigenvalue weighted by Crippen LogP contribution is -2.37. The molecule has 5 nitrogen and oxygen atoms in total. The third-order valence-corrected chi connectivity index (χ3v) is 1.15. The summed E-state index contributed by atoms with van der Waals surface area (Å²) in [4.78, 5) is 0. The number of aliphatic hydroxyl groups is 1. The van der Waals surface area contributed by atoms with E-state index in [1.165, 1.54) is 0 Å². The van der Waals surface area contributed by atoms with Gasteiger partial charge in [-0.3, -0.25) is 0 Å². The van der Waals surface area contributed by atoms with Crippen molar-refractivity contribution >= 4 is 0 Å². The van der Waals surface area contributed by atoms with Gasteiger partial charge >= 0.3 is 0 Å². The smallest absolute Gasteiger partial charge is 0.115 e. The standard InChI is InChI=1S/C6H18N4O/c7-1-2-9-3-4-10-5-6(8)11/h6,9-11H,1-5,7-8H2. The molecule has 0 fully saturated rings. The van der Waals surface area contributed by atoms with Crippen molar-refractivity contribution in [2.45, 2.75) is 6.23 Å². The van der Waals surface area contributed by atoms with E-state index in [0.717, 1.165) is 19.6 Å². The van der Waals surface area contributed by atoms with Gasteiger partial charge in [0, 0.05) is 32.7 Å². The van der Waals surface area contributed by atoms with E-state index >= 15 is 0 Å². The summed E-state index contributed by atoms with van der Waals surface area (Å²) in [5, 5.41) is 14.7. The second kappa shape index (κ2) is 7.90. The summed E-state index contributed by atoms with van der Waals surface area (Å²) in [5.74, 6) is 0. The van der Waals surface area contributed by atoms with Crippen molar-refractivity contribution in [3.05, 3.63) is 0 Å². The summed E-state index contributed by atoms with van der Waals surface area (Å²) in [6.07, 6.45) is -0.760. The highest BCUT2D eigenvalue weighted by Crippen LogP contribution is 1.64. The molecule has 0 spiro atoms. The molecule has 0 saturated heterocycles. The molecule has 68 valence electrons. The van der Waals surface area contributed by atoms with Crippen LogP contribution in [0.15, 0.2) is 0 Å². The van der Waals surface area contributed by atoms with E-state index < -0.39 is 6.23 Å². The molecule has 0 bridgehead atoms. The molecule has 0 aliphatic carbocycles. The minimum absolute atomic E-state index is 0.435. The predicted octanol–water partition coefficient (Wildman–Crippen LogP) is -2.60. The molecule has 1 atom stereocenters. The molecule has 5 heteroatoms. The number of hydrogen-bond donors (Lipinski definition) is 5. The molecule has 0 heterocycles. The molecule has 0 radical (unpaired) electrons. The van der Waals surface area contributed by atoms with Gasteiger partial charge in [0.05, 0.1) is 0 Å². The van der Waals surface area contributed by atoms with Gasteiger partial charge in [-0.15, -0.1) is 0 Å². The van der Waals surface area contributed by atoms with Gasteiger partial charge in [0.1, 0.15) is 6.23 Å². The van der Waals surface area contributed by atoms with Gasteiger partial charge in [0.2, 0.25) is 0 Å². The van der Waals surface area contributed by atoms with Crippen molar-refractivity contribution < 1.29 is 5.11 Å². The molecule has 0 rings (SSSR count).